The lowest BCUT2D eigenvalue weighted by Crippen LogP contribution is -2.34. The third-order valence-electron chi connectivity index (χ3n) is 2.75. The van der Waals surface area contributed by atoms with Crippen molar-refractivity contribution in [1.82, 2.24) is 4.90 Å². The number of nitrogens with two attached hydrogens (primary N) is 1. The Kier molecular flexibility index (Phi) is 6.82. The predicted molar refractivity (Wildman–Crippen MR) is 83.2 cm³/mol. The molecule has 0 aromatic heterocycles. The molecule has 1 rings (SSSR count). The summed E-state index contributed by atoms with van der Waals surface area (Å²) >= 11 is 6.85. The van der Waals surface area contributed by atoms with Crippen LogP contribution in [0.4, 0.5) is 0 Å². The van der Waals surface area contributed by atoms with Crippen LogP contribution in [0, 0.1) is 0 Å². The van der Waals surface area contributed by atoms with Crippen molar-refractivity contribution in [2.45, 2.75) is 20.4 Å². The minimum Gasteiger partial charge on any atom is -0.481 e. The first-order valence-electron chi connectivity index (χ1n) is 6.12. The van der Waals surface area contributed by atoms with Gasteiger partial charge in [0.2, 0.25) is 0 Å². The highest BCUT2D eigenvalue weighted by molar-refractivity contribution is 9.11. The highest BCUT2D eigenvalue weighted by Gasteiger charge is 2.13. The summed E-state index contributed by atoms with van der Waals surface area (Å²) in [7, 11) is 0. The minimum atomic E-state index is -0.0216. The molecule has 2 N–H and O–H groups in total. The molecule has 0 heterocycles. The van der Waals surface area contributed by atoms with Crippen molar-refractivity contribution in [2.75, 3.05) is 19.7 Å². The van der Waals surface area contributed by atoms with Gasteiger partial charge in [0.25, 0.3) is 5.91 Å². The SMILES string of the molecule is CCN(CC)C(=O)COc1c(Br)cc(CN)cc1Br. The number of ether oxygens (including phenoxy) is 1. The zero-order valence-electron chi connectivity index (χ0n) is 11.1. The molecule has 19 heavy (non-hydrogen) atoms. The first-order chi connectivity index (χ1) is 9.03. The van der Waals surface area contributed by atoms with Gasteiger partial charge in [0.05, 0.1) is 8.95 Å². The molecule has 0 aliphatic carbocycles. The molecule has 0 unspecified atom stereocenters. The van der Waals surface area contributed by atoms with Crippen LogP contribution in [0.1, 0.15) is 19.4 Å². The number of hydrogen-bond donors (Lipinski definition) is 1. The van der Waals surface area contributed by atoms with E-state index in [0.29, 0.717) is 25.4 Å². The molecule has 0 atom stereocenters. The van der Waals surface area contributed by atoms with Crippen LogP contribution in [0.2, 0.25) is 0 Å². The van der Waals surface area contributed by atoms with E-state index in [4.69, 9.17) is 10.5 Å². The third kappa shape index (κ3) is 4.47. The lowest BCUT2D eigenvalue weighted by Gasteiger charge is -2.19. The summed E-state index contributed by atoms with van der Waals surface area (Å²) in [6, 6.07) is 3.78. The molecule has 0 bridgehead atoms. The lowest BCUT2D eigenvalue weighted by atomic mass is 10.2. The second-order valence-corrected chi connectivity index (χ2v) is 5.66. The molecule has 1 amide bonds. The highest BCUT2D eigenvalue weighted by atomic mass is 79.9. The van der Waals surface area contributed by atoms with Gasteiger partial charge in [-0.25, -0.2) is 0 Å². The van der Waals surface area contributed by atoms with Gasteiger partial charge >= 0.3 is 0 Å². The average Bonchev–Trinajstić information content (AvgIpc) is 2.38. The number of benzene rings is 1. The molecule has 1 aromatic carbocycles. The molecule has 0 aliphatic heterocycles. The minimum absolute atomic E-state index is 0.0216. The maximum absolute atomic E-state index is 11.9. The molecule has 6 heteroatoms. The Labute approximate surface area is 130 Å². The fraction of sp³-hybridized carbons (Fsp3) is 0.462. The zero-order valence-corrected chi connectivity index (χ0v) is 14.3. The van der Waals surface area contributed by atoms with E-state index in [9.17, 15) is 4.79 Å². The van der Waals surface area contributed by atoms with E-state index in [1.165, 1.54) is 0 Å². The van der Waals surface area contributed by atoms with Crippen LogP contribution in [0.25, 0.3) is 0 Å². The second kappa shape index (κ2) is 7.87. The van der Waals surface area contributed by atoms with Crippen molar-refractivity contribution < 1.29 is 9.53 Å². The van der Waals surface area contributed by atoms with E-state index >= 15 is 0 Å². The van der Waals surface area contributed by atoms with Crippen molar-refractivity contribution in [1.29, 1.82) is 0 Å². The number of carbonyl (C=O) groups excluding carboxylic acids is 1. The fourth-order valence-electron chi connectivity index (χ4n) is 1.67. The molecule has 106 valence electrons. The molecule has 4 nitrogen and oxygen atoms in total. The third-order valence-corrected chi connectivity index (χ3v) is 3.93. The van der Waals surface area contributed by atoms with Crippen molar-refractivity contribution in [3.05, 3.63) is 26.6 Å². The largest absolute Gasteiger partial charge is 0.481 e. The average molecular weight is 394 g/mol. The summed E-state index contributed by atoms with van der Waals surface area (Å²) in [5.41, 5.74) is 6.58. The summed E-state index contributed by atoms with van der Waals surface area (Å²) in [6.07, 6.45) is 0. The first-order valence-corrected chi connectivity index (χ1v) is 7.70. The summed E-state index contributed by atoms with van der Waals surface area (Å²) < 4.78 is 7.16. The van der Waals surface area contributed by atoms with E-state index in [2.05, 4.69) is 31.9 Å². The molecular formula is C13H18Br2N2O2. The van der Waals surface area contributed by atoms with Gasteiger partial charge in [-0.05, 0) is 63.4 Å². The van der Waals surface area contributed by atoms with Crippen molar-refractivity contribution in [2.24, 2.45) is 5.73 Å². The highest BCUT2D eigenvalue weighted by Crippen LogP contribution is 2.34. The maximum Gasteiger partial charge on any atom is 0.260 e. The van der Waals surface area contributed by atoms with Gasteiger partial charge in [0.15, 0.2) is 6.61 Å². The van der Waals surface area contributed by atoms with Crippen LogP contribution >= 0.6 is 31.9 Å². The van der Waals surface area contributed by atoms with Crippen molar-refractivity contribution >= 4 is 37.8 Å². The van der Waals surface area contributed by atoms with Gasteiger partial charge in [-0.3, -0.25) is 4.79 Å². The Morgan fingerprint density at radius 1 is 1.26 bits per heavy atom. The molecular weight excluding hydrogens is 376 g/mol. The molecule has 1 aromatic rings. The molecule has 0 aliphatic rings. The standard InChI is InChI=1S/C13H18Br2N2O2/c1-3-17(4-2)12(18)8-19-13-10(14)5-9(7-16)6-11(13)15/h5-6H,3-4,7-8,16H2,1-2H3. The fourth-order valence-corrected chi connectivity index (χ4v) is 3.18. The number of carbonyl (C=O) groups is 1. The van der Waals surface area contributed by atoms with E-state index in [1.54, 1.807) is 4.90 Å². The number of hydrogen-bond acceptors (Lipinski definition) is 3. The first kappa shape index (κ1) is 16.5. The van der Waals surface area contributed by atoms with Crippen molar-refractivity contribution in [3.8, 4) is 5.75 Å². The van der Waals surface area contributed by atoms with Gasteiger partial charge in [-0.15, -0.1) is 0 Å². The Hall–Kier alpha value is -0.590. The summed E-state index contributed by atoms with van der Waals surface area (Å²) in [4.78, 5) is 13.6. The van der Waals surface area contributed by atoms with Gasteiger partial charge in [0, 0.05) is 19.6 Å². The van der Waals surface area contributed by atoms with Crippen LogP contribution in [-0.2, 0) is 11.3 Å². The van der Waals surface area contributed by atoms with E-state index in [0.717, 1.165) is 14.5 Å². The molecule has 0 spiro atoms. The number of halogens is 2. The summed E-state index contributed by atoms with van der Waals surface area (Å²) in [5, 5.41) is 0. The van der Waals surface area contributed by atoms with Crippen molar-refractivity contribution in [3.63, 3.8) is 0 Å². The van der Waals surface area contributed by atoms with Gasteiger partial charge in [-0.1, -0.05) is 0 Å². The maximum atomic E-state index is 11.9. The number of likely N-dealkylation sites (N-methyl/N-ethyl adjacent to an activating group) is 1. The molecule has 0 fully saturated rings. The normalized spacial score (nSPS) is 10.4. The Morgan fingerprint density at radius 3 is 2.21 bits per heavy atom. The van der Waals surface area contributed by atoms with Crippen LogP contribution in [0.3, 0.4) is 0 Å². The Morgan fingerprint density at radius 2 is 1.79 bits per heavy atom. The van der Waals surface area contributed by atoms with E-state index in [1.807, 2.05) is 26.0 Å². The zero-order chi connectivity index (χ0) is 14.4. The quantitative estimate of drug-likeness (QED) is 0.808. The topological polar surface area (TPSA) is 55.6 Å². The van der Waals surface area contributed by atoms with E-state index < -0.39 is 0 Å². The predicted octanol–water partition coefficient (Wildman–Crippen LogP) is 2.92. The molecule has 0 radical (unpaired) electrons. The van der Waals surface area contributed by atoms with Gasteiger partial charge < -0.3 is 15.4 Å². The lowest BCUT2D eigenvalue weighted by molar-refractivity contribution is -0.133. The number of nitrogens with zero attached hydrogens (tertiary/aromatic N) is 1. The smallest absolute Gasteiger partial charge is 0.260 e. The number of rotatable bonds is 6. The van der Waals surface area contributed by atoms with Crippen LogP contribution in [0.15, 0.2) is 21.1 Å². The van der Waals surface area contributed by atoms with Gasteiger partial charge in [0.1, 0.15) is 5.75 Å². The van der Waals surface area contributed by atoms with Gasteiger partial charge in [-0.2, -0.15) is 0 Å². The summed E-state index contributed by atoms with van der Waals surface area (Å²) in [6.45, 7) is 5.75. The molecule has 0 saturated heterocycles. The Bertz CT molecular complexity index is 425. The Balaban J connectivity index is 2.75. The molecule has 0 saturated carbocycles. The number of amides is 1. The van der Waals surface area contributed by atoms with E-state index in [-0.39, 0.29) is 12.5 Å². The monoisotopic (exact) mass is 392 g/mol. The van der Waals surface area contributed by atoms with Crippen LogP contribution < -0.4 is 10.5 Å². The summed E-state index contributed by atoms with van der Waals surface area (Å²) in [5.74, 6) is 0.601. The van der Waals surface area contributed by atoms with Crippen LogP contribution in [-0.4, -0.2) is 30.5 Å². The second-order valence-electron chi connectivity index (χ2n) is 3.95. The van der Waals surface area contributed by atoms with Crippen LogP contribution in [0.5, 0.6) is 5.75 Å².